The van der Waals surface area contributed by atoms with Crippen LogP contribution in [-0.4, -0.2) is 39.0 Å². The van der Waals surface area contributed by atoms with E-state index in [4.69, 9.17) is 0 Å². The van der Waals surface area contributed by atoms with Crippen LogP contribution in [0.4, 0.5) is 0 Å². The zero-order valence-electron chi connectivity index (χ0n) is 11.4. The van der Waals surface area contributed by atoms with Crippen molar-refractivity contribution in [3.63, 3.8) is 0 Å². The zero-order chi connectivity index (χ0) is 12.9. The fraction of sp³-hybridized carbons (Fsp3) is 0.917. The number of hydroxylamine groups is 2. The van der Waals surface area contributed by atoms with Crippen molar-refractivity contribution in [2.45, 2.75) is 65.1 Å². The number of hydrogen-bond donors (Lipinski definition) is 0. The van der Waals surface area contributed by atoms with Crippen LogP contribution in [0.25, 0.3) is 0 Å². The van der Waals surface area contributed by atoms with Gasteiger partial charge < -0.3 is 15.2 Å². The van der Waals surface area contributed by atoms with Crippen LogP contribution in [0.5, 0.6) is 0 Å². The van der Waals surface area contributed by atoms with E-state index < -0.39 is 11.1 Å². The highest BCUT2D eigenvalue weighted by molar-refractivity contribution is 5.87. The van der Waals surface area contributed by atoms with Gasteiger partial charge in [0.15, 0.2) is 0 Å². The van der Waals surface area contributed by atoms with Gasteiger partial charge in [-0.1, -0.05) is 0 Å². The first kappa shape index (κ1) is 13.5. The minimum atomic E-state index is -0.977. The van der Waals surface area contributed by atoms with Crippen molar-refractivity contribution >= 4 is 5.91 Å². The third-order valence-electron chi connectivity index (χ3n) is 3.18. The molecule has 0 aromatic heterocycles. The molecule has 1 aliphatic rings. The molecule has 0 spiro atoms. The van der Waals surface area contributed by atoms with E-state index in [-0.39, 0.29) is 11.4 Å². The van der Waals surface area contributed by atoms with Crippen LogP contribution < -0.4 is 0 Å². The summed E-state index contributed by atoms with van der Waals surface area (Å²) in [4.78, 5) is 14.1. The normalized spacial score (nSPS) is 26.0. The van der Waals surface area contributed by atoms with Gasteiger partial charge in [-0.15, -0.1) is 0 Å². The maximum atomic E-state index is 12.3. The average Bonchev–Trinajstić information content (AvgIpc) is 2.08. The lowest BCUT2D eigenvalue weighted by Crippen LogP contribution is -2.72. The van der Waals surface area contributed by atoms with E-state index in [1.54, 1.807) is 18.7 Å². The molecule has 0 N–H and O–H groups in total. The highest BCUT2D eigenvalue weighted by Crippen LogP contribution is 2.35. The monoisotopic (exact) mass is 227 g/mol. The molecule has 0 unspecified atom stereocenters. The molecule has 0 bridgehead atoms. The predicted octanol–water partition coefficient (Wildman–Crippen LogP) is 1.98. The van der Waals surface area contributed by atoms with Crippen molar-refractivity contribution in [3.05, 3.63) is 5.21 Å². The summed E-state index contributed by atoms with van der Waals surface area (Å²) in [6.45, 7) is 13.6. The second-order valence-electron chi connectivity index (χ2n) is 6.73. The number of carbonyl (C=O) groups is 1. The minimum Gasteiger partial charge on any atom is -0.784 e. The van der Waals surface area contributed by atoms with E-state index in [1.165, 1.54) is 0 Å². The topological polar surface area (TPSA) is 46.6 Å². The highest BCUT2D eigenvalue weighted by atomic mass is 16.5. The second kappa shape index (κ2) is 3.44. The van der Waals surface area contributed by atoms with Gasteiger partial charge in [-0.25, -0.2) is 0 Å². The maximum absolute atomic E-state index is 12.3. The van der Waals surface area contributed by atoms with Crippen molar-refractivity contribution in [3.8, 4) is 0 Å². The van der Waals surface area contributed by atoms with Crippen molar-refractivity contribution < 1.29 is 4.79 Å². The molecule has 0 atom stereocenters. The molecule has 4 heteroatoms. The van der Waals surface area contributed by atoms with E-state index >= 15 is 0 Å². The van der Waals surface area contributed by atoms with Gasteiger partial charge in [0, 0.05) is 17.6 Å². The molecular formula is C12H23N2O2-. The quantitative estimate of drug-likeness (QED) is 0.635. The SMILES string of the molecule is CC(C)(C)N1CC(C)(C)N([O-])C(C)(C)C1=O. The van der Waals surface area contributed by atoms with Gasteiger partial charge in [0.05, 0.1) is 5.54 Å². The van der Waals surface area contributed by atoms with Gasteiger partial charge in [-0.3, -0.25) is 4.79 Å². The Labute approximate surface area is 98.2 Å². The molecule has 0 aromatic carbocycles. The Morgan fingerprint density at radius 3 is 2.00 bits per heavy atom. The van der Waals surface area contributed by atoms with Crippen LogP contribution >= 0.6 is 0 Å². The Bertz CT molecular complexity index is 303. The molecule has 1 fully saturated rings. The molecule has 1 saturated heterocycles. The lowest BCUT2D eigenvalue weighted by atomic mass is 9.86. The molecule has 94 valence electrons. The van der Waals surface area contributed by atoms with Crippen LogP contribution in [0.15, 0.2) is 0 Å². The summed E-state index contributed by atoms with van der Waals surface area (Å²) in [6, 6.07) is 0. The molecule has 16 heavy (non-hydrogen) atoms. The van der Waals surface area contributed by atoms with Crippen molar-refractivity contribution in [2.24, 2.45) is 0 Å². The van der Waals surface area contributed by atoms with Crippen LogP contribution in [0.1, 0.15) is 48.5 Å². The Morgan fingerprint density at radius 2 is 1.62 bits per heavy atom. The summed E-state index contributed by atoms with van der Waals surface area (Å²) < 4.78 is 0. The third kappa shape index (κ3) is 1.96. The highest BCUT2D eigenvalue weighted by Gasteiger charge is 2.48. The molecule has 0 aromatic rings. The first-order chi connectivity index (χ1) is 6.90. The summed E-state index contributed by atoms with van der Waals surface area (Å²) in [6.07, 6.45) is 0. The Morgan fingerprint density at radius 1 is 1.19 bits per heavy atom. The molecule has 4 nitrogen and oxygen atoms in total. The van der Waals surface area contributed by atoms with E-state index in [0.717, 1.165) is 5.06 Å². The number of rotatable bonds is 0. The van der Waals surface area contributed by atoms with E-state index in [0.29, 0.717) is 6.54 Å². The first-order valence-corrected chi connectivity index (χ1v) is 5.70. The van der Waals surface area contributed by atoms with Gasteiger partial charge in [0.2, 0.25) is 5.91 Å². The van der Waals surface area contributed by atoms with Crippen LogP contribution in [0.2, 0.25) is 0 Å². The molecule has 0 radical (unpaired) electrons. The van der Waals surface area contributed by atoms with E-state index in [1.807, 2.05) is 34.6 Å². The standard InChI is InChI=1S/C12H23N2O2/c1-10(2,3)13-8-11(4,5)14(16)12(6,7)9(13)15/h8H2,1-7H3/q-1. The molecular weight excluding hydrogens is 204 g/mol. The molecule has 1 heterocycles. The Hall–Kier alpha value is -0.610. The number of hydrogen-bond acceptors (Lipinski definition) is 3. The van der Waals surface area contributed by atoms with Crippen molar-refractivity contribution in [1.82, 2.24) is 9.96 Å². The fourth-order valence-electron chi connectivity index (χ4n) is 2.24. The van der Waals surface area contributed by atoms with E-state index in [9.17, 15) is 10.0 Å². The van der Waals surface area contributed by atoms with Gasteiger partial charge in [0.25, 0.3) is 0 Å². The first-order valence-electron chi connectivity index (χ1n) is 5.70. The Balaban J connectivity index is 3.16. The van der Waals surface area contributed by atoms with E-state index in [2.05, 4.69) is 0 Å². The van der Waals surface area contributed by atoms with Crippen LogP contribution in [-0.2, 0) is 4.79 Å². The third-order valence-corrected chi connectivity index (χ3v) is 3.18. The second-order valence-corrected chi connectivity index (χ2v) is 6.73. The van der Waals surface area contributed by atoms with Gasteiger partial charge in [-0.05, 0) is 48.5 Å². The molecule has 0 aliphatic carbocycles. The maximum Gasteiger partial charge on any atom is 0.242 e. The lowest BCUT2D eigenvalue weighted by Gasteiger charge is -2.61. The number of amides is 1. The molecule has 1 amide bonds. The average molecular weight is 227 g/mol. The number of carbonyl (C=O) groups excluding carboxylic acids is 1. The summed E-state index contributed by atoms with van der Waals surface area (Å²) in [5, 5.41) is 13.1. The fourth-order valence-corrected chi connectivity index (χ4v) is 2.24. The predicted molar refractivity (Wildman–Crippen MR) is 64.8 cm³/mol. The summed E-state index contributed by atoms with van der Waals surface area (Å²) >= 11 is 0. The molecule has 1 rings (SSSR count). The van der Waals surface area contributed by atoms with Crippen molar-refractivity contribution in [2.75, 3.05) is 6.54 Å². The van der Waals surface area contributed by atoms with Crippen molar-refractivity contribution in [1.29, 1.82) is 0 Å². The molecule has 0 saturated carbocycles. The minimum absolute atomic E-state index is 0.0886. The lowest BCUT2D eigenvalue weighted by molar-refractivity contribution is -0.162. The summed E-state index contributed by atoms with van der Waals surface area (Å²) in [7, 11) is 0. The number of nitrogens with zero attached hydrogens (tertiary/aromatic N) is 2. The zero-order valence-corrected chi connectivity index (χ0v) is 11.4. The number of piperazine rings is 1. The van der Waals surface area contributed by atoms with Gasteiger partial charge in [0.1, 0.15) is 0 Å². The Kier molecular flexibility index (Phi) is 2.89. The van der Waals surface area contributed by atoms with Crippen LogP contribution in [0.3, 0.4) is 0 Å². The molecule has 1 aliphatic heterocycles. The largest absolute Gasteiger partial charge is 0.784 e. The van der Waals surface area contributed by atoms with Crippen LogP contribution in [0, 0.1) is 5.21 Å². The van der Waals surface area contributed by atoms with Gasteiger partial charge in [-0.2, -0.15) is 0 Å². The summed E-state index contributed by atoms with van der Waals surface area (Å²) in [5.41, 5.74) is -1.76. The smallest absolute Gasteiger partial charge is 0.242 e. The summed E-state index contributed by atoms with van der Waals surface area (Å²) in [5.74, 6) is -0.0886. The van der Waals surface area contributed by atoms with Gasteiger partial charge >= 0.3 is 0 Å².